The predicted molar refractivity (Wildman–Crippen MR) is 97.1 cm³/mol. The first kappa shape index (κ1) is 18.8. The second-order valence-corrected chi connectivity index (χ2v) is 6.57. The van der Waals surface area contributed by atoms with Crippen molar-refractivity contribution in [3.8, 4) is 5.75 Å². The number of hydrogen-bond acceptors (Lipinski definition) is 2. The molecule has 0 aliphatic heterocycles. The van der Waals surface area contributed by atoms with Crippen molar-refractivity contribution in [1.82, 2.24) is 0 Å². The fraction of sp³-hybridized carbons (Fsp3) is 0.0714. The van der Waals surface area contributed by atoms with E-state index in [2.05, 4.69) is 5.32 Å². The molecule has 2 rings (SSSR count). The summed E-state index contributed by atoms with van der Waals surface area (Å²) in [6, 6.07) is 6.58. The van der Waals surface area contributed by atoms with E-state index in [0.717, 1.165) is 0 Å². The molecule has 2 aromatic carbocycles. The maximum atomic E-state index is 11.9. The summed E-state index contributed by atoms with van der Waals surface area (Å²) in [5, 5.41) is 3.14. The number of ether oxygens (including phenoxy) is 1. The van der Waals surface area contributed by atoms with Crippen molar-refractivity contribution < 1.29 is 9.53 Å². The Labute approximate surface area is 162 Å². The van der Waals surface area contributed by atoms with Crippen LogP contribution < -0.4 is 10.1 Å². The number of carbonyl (C=O) groups is 1. The van der Waals surface area contributed by atoms with Crippen molar-refractivity contribution in [2.45, 2.75) is 0 Å². The lowest BCUT2D eigenvalue weighted by Gasteiger charge is -2.13. The number of rotatable bonds is 4. The van der Waals surface area contributed by atoms with Crippen molar-refractivity contribution >= 4 is 81.2 Å². The van der Waals surface area contributed by atoms with E-state index in [1.807, 2.05) is 0 Å². The van der Waals surface area contributed by atoms with Gasteiger partial charge in [0.15, 0.2) is 12.4 Å². The molecule has 0 aromatic heterocycles. The van der Waals surface area contributed by atoms with Crippen LogP contribution in [0.4, 0.5) is 5.69 Å². The summed E-state index contributed by atoms with van der Waals surface area (Å²) in [7, 11) is 0. The van der Waals surface area contributed by atoms with Gasteiger partial charge in [0.1, 0.15) is 10.0 Å². The van der Waals surface area contributed by atoms with Gasteiger partial charge in [0.25, 0.3) is 5.91 Å². The van der Waals surface area contributed by atoms with Gasteiger partial charge in [-0.15, -0.1) is 0 Å². The van der Waals surface area contributed by atoms with Crippen molar-refractivity contribution in [1.29, 1.82) is 0 Å². The van der Waals surface area contributed by atoms with E-state index in [1.54, 1.807) is 24.3 Å². The summed E-state index contributed by atoms with van der Waals surface area (Å²) in [5.74, 6) is -0.444. The SMILES string of the molecule is O=C(COc1c(Cl)c(Cl)c(Cl)c(Cl)c1Cl)Nc1ccc(Cl)cc1. The van der Waals surface area contributed by atoms with Gasteiger partial charge in [-0.3, -0.25) is 4.79 Å². The van der Waals surface area contributed by atoms with Crippen LogP contribution in [0, 0.1) is 0 Å². The molecule has 3 nitrogen and oxygen atoms in total. The smallest absolute Gasteiger partial charge is 0.262 e. The summed E-state index contributed by atoms with van der Waals surface area (Å²) in [4.78, 5) is 11.9. The van der Waals surface area contributed by atoms with Crippen LogP contribution in [-0.2, 0) is 4.79 Å². The van der Waals surface area contributed by atoms with Gasteiger partial charge in [0.05, 0.1) is 15.1 Å². The molecule has 2 aromatic rings. The second kappa shape index (κ2) is 8.02. The van der Waals surface area contributed by atoms with Gasteiger partial charge in [-0.05, 0) is 24.3 Å². The lowest BCUT2D eigenvalue weighted by Crippen LogP contribution is -2.20. The Balaban J connectivity index is 2.09. The number of carbonyl (C=O) groups excluding carboxylic acids is 1. The minimum Gasteiger partial charge on any atom is -0.481 e. The molecule has 1 amide bonds. The Kier molecular flexibility index (Phi) is 6.55. The van der Waals surface area contributed by atoms with Crippen LogP contribution in [0.25, 0.3) is 0 Å². The Hall–Kier alpha value is -0.550. The fourth-order valence-electron chi connectivity index (χ4n) is 1.58. The fourth-order valence-corrected chi connectivity index (χ4v) is 2.94. The van der Waals surface area contributed by atoms with Crippen LogP contribution >= 0.6 is 69.6 Å². The number of benzene rings is 2. The van der Waals surface area contributed by atoms with Gasteiger partial charge < -0.3 is 10.1 Å². The molecule has 0 saturated heterocycles. The van der Waals surface area contributed by atoms with Crippen molar-refractivity contribution in [2.75, 3.05) is 11.9 Å². The van der Waals surface area contributed by atoms with Crippen molar-refractivity contribution in [2.24, 2.45) is 0 Å². The first-order valence-corrected chi connectivity index (χ1v) is 8.27. The number of halogens is 6. The average molecular weight is 434 g/mol. The van der Waals surface area contributed by atoms with Crippen LogP contribution in [0.3, 0.4) is 0 Å². The van der Waals surface area contributed by atoms with Crippen molar-refractivity contribution in [3.63, 3.8) is 0 Å². The van der Waals surface area contributed by atoms with E-state index >= 15 is 0 Å². The van der Waals surface area contributed by atoms with E-state index in [1.165, 1.54) is 0 Å². The molecular formula is C14H7Cl6NO2. The van der Waals surface area contributed by atoms with Crippen LogP contribution in [0.2, 0.25) is 30.1 Å². The van der Waals surface area contributed by atoms with Crippen LogP contribution in [0.15, 0.2) is 24.3 Å². The van der Waals surface area contributed by atoms with Gasteiger partial charge >= 0.3 is 0 Å². The molecule has 0 spiro atoms. The molecule has 0 radical (unpaired) electrons. The largest absolute Gasteiger partial charge is 0.481 e. The highest BCUT2D eigenvalue weighted by molar-refractivity contribution is 6.55. The van der Waals surface area contributed by atoms with Gasteiger partial charge in [0.2, 0.25) is 0 Å². The molecule has 0 heterocycles. The first-order chi connectivity index (χ1) is 10.8. The van der Waals surface area contributed by atoms with E-state index in [-0.39, 0.29) is 37.5 Å². The summed E-state index contributed by atoms with van der Waals surface area (Å²) < 4.78 is 5.31. The average Bonchev–Trinajstić information content (AvgIpc) is 2.53. The zero-order valence-electron chi connectivity index (χ0n) is 11.1. The molecular weight excluding hydrogens is 427 g/mol. The minimum atomic E-state index is -0.429. The number of nitrogens with one attached hydrogen (secondary N) is 1. The number of amides is 1. The summed E-state index contributed by atoms with van der Waals surface area (Å²) in [5.41, 5.74) is 0.562. The molecule has 0 aliphatic carbocycles. The Morgan fingerprint density at radius 2 is 1.30 bits per heavy atom. The Bertz CT molecular complexity index is 719. The molecule has 0 bridgehead atoms. The number of hydrogen-bond donors (Lipinski definition) is 1. The minimum absolute atomic E-state index is 0.00385. The lowest BCUT2D eigenvalue weighted by molar-refractivity contribution is -0.118. The highest BCUT2D eigenvalue weighted by Crippen LogP contribution is 2.48. The molecule has 0 unspecified atom stereocenters. The van der Waals surface area contributed by atoms with Crippen LogP contribution in [-0.4, -0.2) is 12.5 Å². The zero-order chi connectivity index (χ0) is 17.1. The summed E-state index contributed by atoms with van der Waals surface area (Å²) in [6.07, 6.45) is 0. The topological polar surface area (TPSA) is 38.3 Å². The highest BCUT2D eigenvalue weighted by atomic mass is 35.5. The third-order valence-corrected chi connectivity index (χ3v) is 5.14. The predicted octanol–water partition coefficient (Wildman–Crippen LogP) is 6.62. The van der Waals surface area contributed by atoms with Crippen LogP contribution in [0.5, 0.6) is 5.75 Å². The zero-order valence-corrected chi connectivity index (χ0v) is 15.6. The quantitative estimate of drug-likeness (QED) is 0.434. The molecule has 0 saturated carbocycles. The molecule has 0 atom stereocenters. The van der Waals surface area contributed by atoms with Crippen LogP contribution in [0.1, 0.15) is 0 Å². The van der Waals surface area contributed by atoms with Crippen molar-refractivity contribution in [3.05, 3.63) is 54.4 Å². The molecule has 0 fully saturated rings. The summed E-state index contributed by atoms with van der Waals surface area (Å²) in [6.45, 7) is -0.351. The normalized spacial score (nSPS) is 10.5. The van der Waals surface area contributed by atoms with Gasteiger partial charge in [-0.1, -0.05) is 69.6 Å². The maximum Gasteiger partial charge on any atom is 0.262 e. The van der Waals surface area contributed by atoms with E-state index in [4.69, 9.17) is 74.3 Å². The molecule has 1 N–H and O–H groups in total. The maximum absolute atomic E-state index is 11.9. The third-order valence-electron chi connectivity index (χ3n) is 2.65. The first-order valence-electron chi connectivity index (χ1n) is 6.01. The summed E-state index contributed by atoms with van der Waals surface area (Å²) >= 11 is 35.5. The monoisotopic (exact) mass is 431 g/mol. The molecule has 9 heteroatoms. The Morgan fingerprint density at radius 3 is 1.83 bits per heavy atom. The highest BCUT2D eigenvalue weighted by Gasteiger charge is 2.21. The van der Waals surface area contributed by atoms with Gasteiger partial charge in [0, 0.05) is 10.7 Å². The second-order valence-electron chi connectivity index (χ2n) is 4.24. The molecule has 23 heavy (non-hydrogen) atoms. The van der Waals surface area contributed by atoms with E-state index in [0.29, 0.717) is 10.7 Å². The number of anilines is 1. The van der Waals surface area contributed by atoms with Gasteiger partial charge in [-0.2, -0.15) is 0 Å². The lowest BCUT2D eigenvalue weighted by atomic mass is 10.3. The van der Waals surface area contributed by atoms with E-state index < -0.39 is 5.91 Å². The molecule has 0 aliphatic rings. The van der Waals surface area contributed by atoms with Gasteiger partial charge in [-0.25, -0.2) is 0 Å². The van der Waals surface area contributed by atoms with E-state index in [9.17, 15) is 4.79 Å². The Morgan fingerprint density at radius 1 is 0.826 bits per heavy atom. The molecule has 122 valence electrons. The standard InChI is InChI=1S/C14H7Cl6NO2/c15-6-1-3-7(4-2-6)21-8(22)5-23-14-12(19)10(17)9(16)11(18)13(14)20/h1-4H,5H2,(H,21,22). The third kappa shape index (κ3) is 4.50.